The van der Waals surface area contributed by atoms with Gasteiger partial charge in [0.1, 0.15) is 0 Å². The Morgan fingerprint density at radius 2 is 2.00 bits per heavy atom. The summed E-state index contributed by atoms with van der Waals surface area (Å²) in [4.78, 5) is 16.5. The molecule has 0 N–H and O–H groups in total. The highest BCUT2D eigenvalue weighted by Crippen LogP contribution is 2.19. The third-order valence-corrected chi connectivity index (χ3v) is 3.41. The Morgan fingerprint density at radius 3 is 2.70 bits per heavy atom. The van der Waals surface area contributed by atoms with Crippen LogP contribution in [0.3, 0.4) is 0 Å². The molecule has 0 bridgehead atoms. The fourth-order valence-corrected chi connectivity index (χ4v) is 2.26. The molecule has 0 aliphatic heterocycles. The van der Waals surface area contributed by atoms with Gasteiger partial charge in [0.15, 0.2) is 0 Å². The first-order valence-electron chi connectivity index (χ1n) is 5.51. The zero-order valence-electron chi connectivity index (χ0n) is 10.0. The lowest BCUT2D eigenvalue weighted by molar-refractivity contribution is 0.0519. The minimum atomic E-state index is -0.548. The maximum absolute atomic E-state index is 11.7. The van der Waals surface area contributed by atoms with Gasteiger partial charge in [-0.1, -0.05) is 56.4 Å². The van der Waals surface area contributed by atoms with E-state index in [4.69, 9.17) is 28.0 Å². The quantitative estimate of drug-likeness (QED) is 0.434. The van der Waals surface area contributed by atoms with Gasteiger partial charge in [-0.05, 0) is 30.3 Å². The van der Waals surface area contributed by atoms with Crippen LogP contribution in [-0.4, -0.2) is 12.2 Å². The number of nitrogens with zero attached hydrogens (tertiary/aromatic N) is 1. The monoisotopic (exact) mass is 371 g/mol. The molecule has 2 aromatic carbocycles. The van der Waals surface area contributed by atoms with E-state index in [9.17, 15) is 4.79 Å². The van der Waals surface area contributed by atoms with E-state index in [2.05, 4.69) is 21.1 Å². The molecule has 0 aliphatic carbocycles. The highest BCUT2D eigenvalue weighted by atomic mass is 79.9. The lowest BCUT2D eigenvalue weighted by Crippen LogP contribution is -2.00. The highest BCUT2D eigenvalue weighted by Gasteiger charge is 2.07. The number of oxime groups is 1. The second-order valence-electron chi connectivity index (χ2n) is 3.79. The number of hydrogen-bond donors (Lipinski definition) is 0. The zero-order valence-corrected chi connectivity index (χ0v) is 13.1. The van der Waals surface area contributed by atoms with E-state index in [0.717, 1.165) is 4.47 Å². The van der Waals surface area contributed by atoms with E-state index >= 15 is 0 Å². The molecule has 0 amide bonds. The van der Waals surface area contributed by atoms with Gasteiger partial charge in [0.05, 0.1) is 16.8 Å². The summed E-state index contributed by atoms with van der Waals surface area (Å²) in [5.41, 5.74) is 1.01. The van der Waals surface area contributed by atoms with Crippen molar-refractivity contribution in [1.29, 1.82) is 0 Å². The van der Waals surface area contributed by atoms with Crippen molar-refractivity contribution < 1.29 is 9.63 Å². The van der Waals surface area contributed by atoms with E-state index in [1.165, 1.54) is 6.21 Å². The molecule has 0 aromatic heterocycles. The summed E-state index contributed by atoms with van der Waals surface area (Å²) in [7, 11) is 0. The van der Waals surface area contributed by atoms with Gasteiger partial charge in [-0.25, -0.2) is 4.79 Å². The molecule has 2 aromatic rings. The molecule has 6 heteroatoms. The number of halogens is 3. The first-order valence-corrected chi connectivity index (χ1v) is 7.06. The van der Waals surface area contributed by atoms with Crippen LogP contribution in [0.25, 0.3) is 0 Å². The van der Waals surface area contributed by atoms with Crippen LogP contribution in [0.5, 0.6) is 0 Å². The Kier molecular flexibility index (Phi) is 5.17. The molecule has 0 saturated carbocycles. The molecule has 0 spiro atoms. The highest BCUT2D eigenvalue weighted by molar-refractivity contribution is 9.10. The maximum Gasteiger partial charge on any atom is 0.365 e. The SMILES string of the molecule is O=C(ON=Cc1ccc(Cl)cc1Cl)c1cccc(Br)c1. The number of carbonyl (C=O) groups is 1. The minimum Gasteiger partial charge on any atom is -0.313 e. The van der Waals surface area contributed by atoms with Crippen LogP contribution in [0.2, 0.25) is 10.0 Å². The normalized spacial score (nSPS) is 10.8. The third kappa shape index (κ3) is 4.07. The minimum absolute atomic E-state index is 0.402. The third-order valence-electron chi connectivity index (χ3n) is 2.35. The lowest BCUT2D eigenvalue weighted by atomic mass is 10.2. The van der Waals surface area contributed by atoms with Gasteiger partial charge in [0.2, 0.25) is 0 Å². The summed E-state index contributed by atoms with van der Waals surface area (Å²) < 4.78 is 0.789. The molecule has 2 rings (SSSR count). The Labute approximate surface area is 134 Å². The molecule has 102 valence electrons. The van der Waals surface area contributed by atoms with E-state index in [-0.39, 0.29) is 0 Å². The number of benzene rings is 2. The van der Waals surface area contributed by atoms with E-state index in [0.29, 0.717) is 21.2 Å². The average molecular weight is 373 g/mol. The first-order chi connectivity index (χ1) is 9.56. The second-order valence-corrected chi connectivity index (χ2v) is 5.55. The topological polar surface area (TPSA) is 38.7 Å². The maximum atomic E-state index is 11.7. The Hall–Kier alpha value is -1.36. The second kappa shape index (κ2) is 6.88. The van der Waals surface area contributed by atoms with Crippen LogP contribution >= 0.6 is 39.1 Å². The number of carbonyl (C=O) groups excluding carboxylic acids is 1. The Bertz CT molecular complexity index is 674. The lowest BCUT2D eigenvalue weighted by Gasteiger charge is -2.00. The number of hydrogen-bond acceptors (Lipinski definition) is 3. The van der Waals surface area contributed by atoms with Gasteiger partial charge in [0, 0.05) is 15.1 Å². The Morgan fingerprint density at radius 1 is 1.20 bits per heavy atom. The van der Waals surface area contributed by atoms with Crippen LogP contribution in [0.15, 0.2) is 52.1 Å². The van der Waals surface area contributed by atoms with Crippen LogP contribution in [-0.2, 0) is 4.84 Å². The molecule has 0 heterocycles. The van der Waals surface area contributed by atoms with Crippen LogP contribution < -0.4 is 0 Å². The van der Waals surface area contributed by atoms with Crippen molar-refractivity contribution in [2.45, 2.75) is 0 Å². The summed E-state index contributed by atoms with van der Waals surface area (Å²) in [5.74, 6) is -0.548. The predicted molar refractivity (Wildman–Crippen MR) is 83.6 cm³/mol. The largest absolute Gasteiger partial charge is 0.365 e. The van der Waals surface area contributed by atoms with Gasteiger partial charge in [0.25, 0.3) is 0 Å². The Balaban J connectivity index is 2.04. The molecular formula is C14H8BrCl2NO2. The summed E-state index contributed by atoms with van der Waals surface area (Å²) in [5, 5.41) is 4.58. The van der Waals surface area contributed by atoms with Crippen molar-refractivity contribution in [3.05, 3.63) is 68.1 Å². The van der Waals surface area contributed by atoms with Crippen LogP contribution in [0, 0.1) is 0 Å². The molecule has 0 saturated heterocycles. The van der Waals surface area contributed by atoms with Crippen molar-refractivity contribution in [1.82, 2.24) is 0 Å². The van der Waals surface area contributed by atoms with Crippen LogP contribution in [0.1, 0.15) is 15.9 Å². The molecular weight excluding hydrogens is 365 g/mol. The van der Waals surface area contributed by atoms with Crippen molar-refractivity contribution in [2.24, 2.45) is 5.16 Å². The van der Waals surface area contributed by atoms with Gasteiger partial charge in [-0.3, -0.25) is 0 Å². The van der Waals surface area contributed by atoms with Gasteiger partial charge < -0.3 is 4.84 Å². The molecule has 0 atom stereocenters. The molecule has 3 nitrogen and oxygen atoms in total. The summed E-state index contributed by atoms with van der Waals surface area (Å²) >= 11 is 15.0. The molecule has 0 fully saturated rings. The van der Waals surface area contributed by atoms with Crippen molar-refractivity contribution in [3.63, 3.8) is 0 Å². The van der Waals surface area contributed by atoms with Crippen molar-refractivity contribution >= 4 is 51.3 Å². The number of rotatable bonds is 3. The molecule has 20 heavy (non-hydrogen) atoms. The molecule has 0 radical (unpaired) electrons. The smallest absolute Gasteiger partial charge is 0.313 e. The zero-order chi connectivity index (χ0) is 14.5. The summed E-state index contributed by atoms with van der Waals surface area (Å²) in [6.07, 6.45) is 1.36. The van der Waals surface area contributed by atoms with E-state index in [1.54, 1.807) is 36.4 Å². The van der Waals surface area contributed by atoms with Crippen molar-refractivity contribution in [2.75, 3.05) is 0 Å². The molecule has 0 unspecified atom stereocenters. The predicted octanol–water partition coefficient (Wildman–Crippen LogP) is 4.95. The van der Waals surface area contributed by atoms with Gasteiger partial charge in [-0.15, -0.1) is 0 Å². The fourth-order valence-electron chi connectivity index (χ4n) is 1.41. The van der Waals surface area contributed by atoms with Crippen LogP contribution in [0.4, 0.5) is 0 Å². The standard InChI is InChI=1S/C14H8BrCl2NO2/c15-11-3-1-2-9(6-11)14(19)20-18-8-10-4-5-12(16)7-13(10)17/h1-8H. The summed E-state index contributed by atoms with van der Waals surface area (Å²) in [6, 6.07) is 11.8. The summed E-state index contributed by atoms with van der Waals surface area (Å²) in [6.45, 7) is 0. The first kappa shape index (κ1) is 15.0. The van der Waals surface area contributed by atoms with Gasteiger partial charge >= 0.3 is 5.97 Å². The van der Waals surface area contributed by atoms with E-state index in [1.807, 2.05) is 6.07 Å². The average Bonchev–Trinajstić information content (AvgIpc) is 2.41. The van der Waals surface area contributed by atoms with E-state index < -0.39 is 5.97 Å². The van der Waals surface area contributed by atoms with Gasteiger partial charge in [-0.2, -0.15) is 0 Å². The molecule has 0 aliphatic rings. The van der Waals surface area contributed by atoms with Crippen molar-refractivity contribution in [3.8, 4) is 0 Å². The fraction of sp³-hybridized carbons (Fsp3) is 0.